The molecule has 22 heavy (non-hydrogen) atoms. The quantitative estimate of drug-likeness (QED) is 0.895. The molecule has 3 heterocycles. The molecule has 0 radical (unpaired) electrons. The Morgan fingerprint density at radius 3 is 2.59 bits per heavy atom. The van der Waals surface area contributed by atoms with Gasteiger partial charge in [-0.25, -0.2) is 9.98 Å². The average Bonchev–Trinajstić information content (AvgIpc) is 3.09. The van der Waals surface area contributed by atoms with Gasteiger partial charge in [0.2, 0.25) is 0 Å². The Balaban J connectivity index is 1.73. The van der Waals surface area contributed by atoms with Crippen LogP contribution >= 0.6 is 11.3 Å². The topological polar surface area (TPSA) is 78.4 Å². The molecule has 0 bridgehead atoms. The van der Waals surface area contributed by atoms with Crippen LogP contribution in [-0.4, -0.2) is 29.6 Å². The van der Waals surface area contributed by atoms with Crippen molar-refractivity contribution in [2.24, 2.45) is 4.99 Å². The lowest BCUT2D eigenvalue weighted by molar-refractivity contribution is 0.577. The smallest absolute Gasteiger partial charge is 0.187 e. The highest BCUT2D eigenvalue weighted by atomic mass is 32.1. The molecule has 5 nitrogen and oxygen atoms in total. The van der Waals surface area contributed by atoms with Crippen molar-refractivity contribution >= 4 is 33.8 Å². The maximum absolute atomic E-state index is 8.03. The molecule has 0 atom stereocenters. The second-order valence-electron chi connectivity index (χ2n) is 5.61. The first-order chi connectivity index (χ1) is 10.7. The number of nitrogens with zero attached hydrogens (tertiary/aromatic N) is 3. The Hall–Kier alpha value is -2.21. The summed E-state index contributed by atoms with van der Waals surface area (Å²) in [4.78, 5) is 12.2. The van der Waals surface area contributed by atoms with Gasteiger partial charge in [0.05, 0.1) is 10.6 Å². The molecule has 6 heteroatoms. The molecule has 1 fully saturated rings. The van der Waals surface area contributed by atoms with Crippen LogP contribution in [0.1, 0.15) is 35.3 Å². The molecule has 2 aliphatic rings. The van der Waals surface area contributed by atoms with Gasteiger partial charge in [-0.2, -0.15) is 0 Å². The van der Waals surface area contributed by atoms with Crippen LogP contribution in [0.15, 0.2) is 29.3 Å². The highest BCUT2D eigenvalue weighted by Crippen LogP contribution is 2.34. The van der Waals surface area contributed by atoms with Gasteiger partial charge in [-0.1, -0.05) is 35.6 Å². The lowest BCUT2D eigenvalue weighted by Gasteiger charge is -2.25. The van der Waals surface area contributed by atoms with Crippen molar-refractivity contribution in [3.8, 4) is 0 Å². The summed E-state index contributed by atoms with van der Waals surface area (Å²) in [5.74, 6) is 0.826. The Labute approximate surface area is 133 Å². The second kappa shape index (κ2) is 5.21. The molecule has 2 aliphatic heterocycles. The number of aliphatic imine (C=N–C) groups is 1. The predicted octanol–water partition coefficient (Wildman–Crippen LogP) is 2.89. The second-order valence-corrected chi connectivity index (χ2v) is 6.59. The van der Waals surface area contributed by atoms with E-state index in [2.05, 4.69) is 14.9 Å². The first-order valence-corrected chi connectivity index (χ1v) is 8.34. The summed E-state index contributed by atoms with van der Waals surface area (Å²) in [6, 6.07) is 7.82. The number of nitrogen functional groups attached to an aromatic ring is 1. The van der Waals surface area contributed by atoms with Crippen molar-refractivity contribution in [3.05, 3.63) is 40.3 Å². The zero-order chi connectivity index (χ0) is 15.1. The van der Waals surface area contributed by atoms with Gasteiger partial charge in [-0.3, -0.25) is 5.41 Å². The minimum Gasteiger partial charge on any atom is -0.382 e. The zero-order valence-electron chi connectivity index (χ0n) is 12.2. The Bertz CT molecular complexity index is 771. The minimum atomic E-state index is 0.304. The number of benzene rings is 1. The van der Waals surface area contributed by atoms with Crippen molar-refractivity contribution in [1.29, 1.82) is 5.41 Å². The normalized spacial score (nSPS) is 17.5. The fraction of sp³-hybridized carbons (Fsp3) is 0.312. The first kappa shape index (κ1) is 13.5. The number of anilines is 2. The van der Waals surface area contributed by atoms with Gasteiger partial charge in [0.15, 0.2) is 11.0 Å². The van der Waals surface area contributed by atoms with Crippen LogP contribution in [0, 0.1) is 5.41 Å². The molecule has 0 amide bonds. The number of aromatic nitrogens is 1. The van der Waals surface area contributed by atoms with Gasteiger partial charge in [0.25, 0.3) is 0 Å². The number of thiazole rings is 1. The summed E-state index contributed by atoms with van der Waals surface area (Å²) in [5, 5.41) is 9.01. The van der Waals surface area contributed by atoms with Gasteiger partial charge in [-0.05, 0) is 19.3 Å². The predicted molar refractivity (Wildman–Crippen MR) is 91.5 cm³/mol. The Kier molecular flexibility index (Phi) is 3.18. The molecule has 0 spiro atoms. The summed E-state index contributed by atoms with van der Waals surface area (Å²) in [6.07, 6.45) is 3.72. The highest BCUT2D eigenvalue weighted by Gasteiger charge is 2.26. The van der Waals surface area contributed by atoms with E-state index in [4.69, 9.17) is 11.1 Å². The van der Waals surface area contributed by atoms with E-state index in [1.807, 2.05) is 24.3 Å². The summed E-state index contributed by atoms with van der Waals surface area (Å²) in [5.41, 5.74) is 8.79. The maximum atomic E-state index is 8.03. The van der Waals surface area contributed by atoms with Gasteiger partial charge in [0.1, 0.15) is 5.82 Å². The van der Waals surface area contributed by atoms with Crippen LogP contribution in [-0.2, 0) is 0 Å². The fourth-order valence-electron chi connectivity index (χ4n) is 3.01. The van der Waals surface area contributed by atoms with Crippen LogP contribution in [0.25, 0.3) is 0 Å². The number of amidine groups is 1. The van der Waals surface area contributed by atoms with Crippen LogP contribution in [0.4, 0.5) is 10.9 Å². The van der Waals surface area contributed by atoms with Gasteiger partial charge >= 0.3 is 0 Å². The van der Waals surface area contributed by atoms with E-state index in [-0.39, 0.29) is 0 Å². The standard InChI is InChI=1S/C16H17N5S/c17-14-11-7-3-2-6-10(11)12(19-14)13-15(18)20-16(22-13)21-8-4-1-5-9-21/h2-3,6-7,17H,1,4-5,8-9,18H2. The van der Waals surface area contributed by atoms with Crippen molar-refractivity contribution in [1.82, 2.24) is 4.98 Å². The molecule has 4 rings (SSSR count). The number of nitrogens with two attached hydrogens (primary N) is 1. The van der Waals surface area contributed by atoms with Crippen LogP contribution in [0.2, 0.25) is 0 Å². The van der Waals surface area contributed by atoms with Gasteiger partial charge < -0.3 is 10.6 Å². The van der Waals surface area contributed by atoms with E-state index >= 15 is 0 Å². The third-order valence-corrected chi connectivity index (χ3v) is 5.28. The molecule has 112 valence electrons. The molecular weight excluding hydrogens is 294 g/mol. The summed E-state index contributed by atoms with van der Waals surface area (Å²) in [6.45, 7) is 2.09. The molecular formula is C16H17N5S. The van der Waals surface area contributed by atoms with E-state index in [0.717, 1.165) is 39.9 Å². The van der Waals surface area contributed by atoms with Crippen molar-refractivity contribution in [3.63, 3.8) is 0 Å². The van der Waals surface area contributed by atoms with E-state index in [9.17, 15) is 0 Å². The van der Waals surface area contributed by atoms with E-state index in [1.165, 1.54) is 19.3 Å². The van der Waals surface area contributed by atoms with E-state index in [1.54, 1.807) is 11.3 Å². The molecule has 3 N–H and O–H groups in total. The SMILES string of the molecule is N=C1N=C(c2sc(N3CCCCC3)nc2N)c2ccccc21. The van der Waals surface area contributed by atoms with Gasteiger partial charge in [0, 0.05) is 24.2 Å². The van der Waals surface area contributed by atoms with Crippen molar-refractivity contribution in [2.45, 2.75) is 19.3 Å². The number of piperidine rings is 1. The number of nitrogens with one attached hydrogen (secondary N) is 1. The Morgan fingerprint density at radius 2 is 1.82 bits per heavy atom. The zero-order valence-corrected chi connectivity index (χ0v) is 13.0. The molecule has 2 aromatic rings. The lowest BCUT2D eigenvalue weighted by Crippen LogP contribution is -2.29. The molecule has 0 unspecified atom stereocenters. The lowest BCUT2D eigenvalue weighted by atomic mass is 10.0. The number of hydrogen-bond donors (Lipinski definition) is 2. The highest BCUT2D eigenvalue weighted by molar-refractivity contribution is 7.18. The Morgan fingerprint density at radius 1 is 1.09 bits per heavy atom. The largest absolute Gasteiger partial charge is 0.382 e. The molecule has 1 saturated heterocycles. The van der Waals surface area contributed by atoms with E-state index < -0.39 is 0 Å². The monoisotopic (exact) mass is 311 g/mol. The van der Waals surface area contributed by atoms with Crippen LogP contribution < -0.4 is 10.6 Å². The van der Waals surface area contributed by atoms with E-state index in [0.29, 0.717) is 11.7 Å². The summed E-state index contributed by atoms with van der Waals surface area (Å²) in [7, 11) is 0. The number of hydrogen-bond acceptors (Lipinski definition) is 5. The molecule has 1 aromatic heterocycles. The van der Waals surface area contributed by atoms with Crippen LogP contribution in [0.5, 0.6) is 0 Å². The minimum absolute atomic E-state index is 0.304. The molecule has 0 saturated carbocycles. The first-order valence-electron chi connectivity index (χ1n) is 7.52. The number of fused-ring (bicyclic) bond motifs is 1. The maximum Gasteiger partial charge on any atom is 0.187 e. The van der Waals surface area contributed by atoms with Gasteiger partial charge in [-0.15, -0.1) is 0 Å². The summed E-state index contributed by atoms with van der Waals surface area (Å²) < 4.78 is 0. The number of rotatable bonds is 2. The van der Waals surface area contributed by atoms with Crippen LogP contribution in [0.3, 0.4) is 0 Å². The van der Waals surface area contributed by atoms with Crippen molar-refractivity contribution < 1.29 is 0 Å². The molecule has 1 aromatic carbocycles. The molecule has 0 aliphatic carbocycles. The fourth-order valence-corrected chi connectivity index (χ4v) is 4.05. The van der Waals surface area contributed by atoms with Crippen molar-refractivity contribution in [2.75, 3.05) is 23.7 Å². The summed E-state index contributed by atoms with van der Waals surface area (Å²) >= 11 is 1.59. The third kappa shape index (κ3) is 2.11. The third-order valence-electron chi connectivity index (χ3n) is 4.14. The average molecular weight is 311 g/mol.